The molecule has 2 rings (SSSR count). The monoisotopic (exact) mass is 387 g/mol. The fraction of sp³-hybridized carbons (Fsp3) is 0.0588. The summed E-state index contributed by atoms with van der Waals surface area (Å²) in [6.45, 7) is 0. The van der Waals surface area contributed by atoms with Crippen LogP contribution in [0.15, 0.2) is 64.2 Å². The van der Waals surface area contributed by atoms with Crippen LogP contribution in [0.5, 0.6) is 0 Å². The van der Waals surface area contributed by atoms with Crippen LogP contribution in [-0.4, -0.2) is 17.0 Å². The van der Waals surface area contributed by atoms with Crippen LogP contribution in [-0.2, 0) is 11.2 Å². The largest absolute Gasteiger partial charge is 0.276 e. The van der Waals surface area contributed by atoms with Crippen molar-refractivity contribution in [2.75, 3.05) is 0 Å². The molecule has 0 aliphatic carbocycles. The minimum absolute atomic E-state index is 0.0152. The number of benzene rings is 2. The molecule has 0 bridgehead atoms. The van der Waals surface area contributed by atoms with Crippen molar-refractivity contribution in [1.29, 1.82) is 0 Å². The molecule has 1 N–H and O–H groups in total. The third kappa shape index (κ3) is 5.44. The van der Waals surface area contributed by atoms with Gasteiger partial charge in [0.25, 0.3) is 5.69 Å². The van der Waals surface area contributed by atoms with Gasteiger partial charge in [0.2, 0.25) is 5.91 Å². The summed E-state index contributed by atoms with van der Waals surface area (Å²) in [5, 5.41) is 14.7. The molecule has 0 aliphatic rings. The highest BCUT2D eigenvalue weighted by Crippen LogP contribution is 2.18. The number of nitro benzene ring substituents is 1. The van der Waals surface area contributed by atoms with Gasteiger partial charge in [0.05, 0.1) is 16.9 Å². The van der Waals surface area contributed by atoms with Crippen LogP contribution < -0.4 is 5.43 Å². The van der Waals surface area contributed by atoms with Crippen molar-refractivity contribution in [3.05, 3.63) is 80.3 Å². The van der Waals surface area contributed by atoms with Gasteiger partial charge in [0.1, 0.15) is 0 Å². The van der Waals surface area contributed by atoms with Gasteiger partial charge < -0.3 is 0 Å². The Labute approximate surface area is 147 Å². The van der Waals surface area contributed by atoms with Crippen LogP contribution >= 0.6 is 15.9 Å². The van der Waals surface area contributed by atoms with E-state index in [1.807, 2.05) is 24.3 Å². The number of hydrazone groups is 1. The second kappa shape index (κ2) is 8.73. The van der Waals surface area contributed by atoms with E-state index in [0.717, 1.165) is 10.0 Å². The lowest BCUT2D eigenvalue weighted by molar-refractivity contribution is -0.385. The fourth-order valence-corrected chi connectivity index (χ4v) is 2.19. The molecule has 0 radical (unpaired) electrons. The van der Waals surface area contributed by atoms with Crippen LogP contribution in [0.1, 0.15) is 11.1 Å². The number of hydrogen-bond acceptors (Lipinski definition) is 4. The van der Waals surface area contributed by atoms with Gasteiger partial charge in [0, 0.05) is 16.8 Å². The van der Waals surface area contributed by atoms with Crippen molar-refractivity contribution in [2.24, 2.45) is 5.10 Å². The van der Waals surface area contributed by atoms with Crippen molar-refractivity contribution in [3.63, 3.8) is 0 Å². The molecule has 1 amide bonds. The lowest BCUT2D eigenvalue weighted by Crippen LogP contribution is -2.19. The molecule has 0 saturated carbocycles. The van der Waals surface area contributed by atoms with Crippen LogP contribution in [0.4, 0.5) is 5.69 Å². The number of nitrogens with one attached hydrogen (secondary N) is 1. The molecule has 0 atom stereocenters. The quantitative estimate of drug-likeness (QED) is 0.465. The molecular formula is C17H14BrN3O3. The predicted molar refractivity (Wildman–Crippen MR) is 96.6 cm³/mol. The third-order valence-corrected chi connectivity index (χ3v) is 3.57. The second-order valence-corrected chi connectivity index (χ2v) is 5.71. The fourth-order valence-electron chi connectivity index (χ4n) is 1.92. The minimum Gasteiger partial charge on any atom is -0.273 e. The predicted octanol–water partition coefficient (Wildman–Crippen LogP) is 3.72. The standard InChI is InChI=1S/C17H14BrN3O3/c18-15-9-7-13(8-10-15)12-17(22)20-19-11-3-5-14-4-1-2-6-16(14)21(23)24/h1-11H,12H2,(H,20,22)/b5-3+,19-11+. The van der Waals surface area contributed by atoms with Gasteiger partial charge >= 0.3 is 0 Å². The van der Waals surface area contributed by atoms with E-state index in [2.05, 4.69) is 26.5 Å². The number of halogens is 1. The Morgan fingerprint density at radius 3 is 2.62 bits per heavy atom. The van der Waals surface area contributed by atoms with E-state index in [1.165, 1.54) is 18.4 Å². The molecule has 0 heterocycles. The topological polar surface area (TPSA) is 84.6 Å². The highest BCUT2D eigenvalue weighted by atomic mass is 79.9. The average Bonchev–Trinajstić information content (AvgIpc) is 2.57. The van der Waals surface area contributed by atoms with Crippen LogP contribution in [0, 0.1) is 10.1 Å². The number of allylic oxidation sites excluding steroid dienone is 1. The highest BCUT2D eigenvalue weighted by Gasteiger charge is 2.08. The Morgan fingerprint density at radius 2 is 1.92 bits per heavy atom. The maximum absolute atomic E-state index is 11.7. The van der Waals surface area contributed by atoms with E-state index in [9.17, 15) is 14.9 Å². The average molecular weight is 388 g/mol. The van der Waals surface area contributed by atoms with E-state index in [0.29, 0.717) is 5.56 Å². The lowest BCUT2D eigenvalue weighted by Gasteiger charge is -2.00. The van der Waals surface area contributed by atoms with E-state index in [4.69, 9.17) is 0 Å². The SMILES string of the molecule is O=C(Cc1ccc(Br)cc1)N/N=C/C=C/c1ccccc1[N+](=O)[O-]. The zero-order valence-electron chi connectivity index (χ0n) is 12.6. The molecule has 0 fully saturated rings. The maximum atomic E-state index is 11.7. The van der Waals surface area contributed by atoms with E-state index in [-0.39, 0.29) is 18.0 Å². The van der Waals surface area contributed by atoms with Gasteiger partial charge in [-0.25, -0.2) is 5.43 Å². The molecule has 0 unspecified atom stereocenters. The summed E-state index contributed by atoms with van der Waals surface area (Å²) < 4.78 is 0.949. The number of rotatable bonds is 6. The Bertz CT molecular complexity index is 786. The van der Waals surface area contributed by atoms with Gasteiger partial charge in [0.15, 0.2) is 0 Å². The van der Waals surface area contributed by atoms with Crippen molar-refractivity contribution in [1.82, 2.24) is 5.43 Å². The summed E-state index contributed by atoms with van der Waals surface area (Å²) >= 11 is 3.33. The molecule has 6 nitrogen and oxygen atoms in total. The molecule has 0 spiro atoms. The first kappa shape index (κ1) is 17.6. The van der Waals surface area contributed by atoms with Gasteiger partial charge in [-0.3, -0.25) is 14.9 Å². The van der Waals surface area contributed by atoms with Gasteiger partial charge in [-0.15, -0.1) is 0 Å². The second-order valence-electron chi connectivity index (χ2n) is 4.79. The van der Waals surface area contributed by atoms with Crippen molar-refractivity contribution >= 4 is 39.8 Å². The van der Waals surface area contributed by atoms with Crippen molar-refractivity contribution in [2.45, 2.75) is 6.42 Å². The Balaban J connectivity index is 1.87. The molecule has 0 aliphatic heterocycles. The summed E-state index contributed by atoms with van der Waals surface area (Å²) in [6.07, 6.45) is 4.68. The van der Waals surface area contributed by atoms with Gasteiger partial charge in [-0.05, 0) is 35.9 Å². The molecule has 2 aromatic rings. The van der Waals surface area contributed by atoms with E-state index < -0.39 is 4.92 Å². The zero-order chi connectivity index (χ0) is 17.4. The molecule has 24 heavy (non-hydrogen) atoms. The molecule has 2 aromatic carbocycles. The van der Waals surface area contributed by atoms with Gasteiger partial charge in [-0.2, -0.15) is 5.10 Å². The van der Waals surface area contributed by atoms with E-state index in [1.54, 1.807) is 24.3 Å². The number of hydrogen-bond donors (Lipinski definition) is 1. The number of nitro groups is 1. The van der Waals surface area contributed by atoms with Crippen molar-refractivity contribution < 1.29 is 9.72 Å². The smallest absolute Gasteiger partial charge is 0.273 e. The van der Waals surface area contributed by atoms with Crippen LogP contribution in [0.25, 0.3) is 6.08 Å². The Morgan fingerprint density at radius 1 is 1.21 bits per heavy atom. The lowest BCUT2D eigenvalue weighted by atomic mass is 10.1. The van der Waals surface area contributed by atoms with Crippen LogP contribution in [0.3, 0.4) is 0 Å². The molecule has 0 saturated heterocycles. The summed E-state index contributed by atoms with van der Waals surface area (Å²) in [7, 11) is 0. The number of carbonyl (C=O) groups excluding carboxylic acids is 1. The maximum Gasteiger partial charge on any atom is 0.276 e. The highest BCUT2D eigenvalue weighted by molar-refractivity contribution is 9.10. The number of amides is 1. The normalized spacial score (nSPS) is 11.0. The first-order valence-corrected chi connectivity index (χ1v) is 7.82. The first-order chi connectivity index (χ1) is 11.6. The summed E-state index contributed by atoms with van der Waals surface area (Å²) in [6, 6.07) is 13.8. The molecular weight excluding hydrogens is 374 g/mol. The Kier molecular flexibility index (Phi) is 6.39. The summed E-state index contributed by atoms with van der Waals surface area (Å²) in [5.41, 5.74) is 3.76. The number of nitrogens with zero attached hydrogens (tertiary/aromatic N) is 2. The van der Waals surface area contributed by atoms with Crippen molar-refractivity contribution in [3.8, 4) is 0 Å². The third-order valence-electron chi connectivity index (χ3n) is 3.04. The zero-order valence-corrected chi connectivity index (χ0v) is 14.1. The van der Waals surface area contributed by atoms with Crippen LogP contribution in [0.2, 0.25) is 0 Å². The summed E-state index contributed by atoms with van der Waals surface area (Å²) in [4.78, 5) is 22.1. The Hall–Kier alpha value is -2.80. The number of carbonyl (C=O) groups is 1. The number of para-hydroxylation sites is 1. The first-order valence-electron chi connectivity index (χ1n) is 7.02. The molecule has 122 valence electrons. The van der Waals surface area contributed by atoms with E-state index >= 15 is 0 Å². The summed E-state index contributed by atoms with van der Waals surface area (Å²) in [5.74, 6) is -0.243. The van der Waals surface area contributed by atoms with Gasteiger partial charge in [-0.1, -0.05) is 40.2 Å². The minimum atomic E-state index is -0.448. The molecule has 7 heteroatoms. The molecule has 0 aromatic heterocycles.